The highest BCUT2D eigenvalue weighted by Gasteiger charge is 2.39. The number of aromatic nitrogens is 3. The monoisotopic (exact) mass is 451 g/mol. The zero-order valence-corrected chi connectivity index (χ0v) is 21.1. The summed E-state index contributed by atoms with van der Waals surface area (Å²) in [4.78, 5) is 13.1. The van der Waals surface area contributed by atoms with Gasteiger partial charge in [0.25, 0.3) is 0 Å². The Morgan fingerprint density at radius 1 is 1.15 bits per heavy atom. The van der Waals surface area contributed by atoms with Crippen LogP contribution in [-0.4, -0.2) is 31.8 Å². The second-order valence-electron chi connectivity index (χ2n) is 11.3. The van der Waals surface area contributed by atoms with Crippen LogP contribution in [0.4, 0.5) is 0 Å². The molecule has 2 saturated carbocycles. The Kier molecular flexibility index (Phi) is 7.37. The standard InChI is InChI=1S/C28H41N3O2/c1-17(2)10-21-13-24(14-21)28-30-29-27(31(28)25-8-9-25)23(12-20(5)32)16-26(33)15-22-7-6-18(3)11-19(22)4/h6-7,11,17,20-21,23-25,32H,8-10,12-16H2,1-5H3/t20-,21?,23+,24?/m1/s1. The van der Waals surface area contributed by atoms with Crippen molar-refractivity contribution in [3.05, 3.63) is 46.5 Å². The predicted molar refractivity (Wildman–Crippen MR) is 131 cm³/mol. The molecule has 2 aliphatic rings. The van der Waals surface area contributed by atoms with E-state index in [4.69, 9.17) is 0 Å². The Hall–Kier alpha value is -2.01. The molecule has 0 aliphatic heterocycles. The first kappa shape index (κ1) is 24.1. The van der Waals surface area contributed by atoms with E-state index in [0.717, 1.165) is 41.9 Å². The fraction of sp³-hybridized carbons (Fsp3) is 0.679. The molecule has 2 fully saturated rings. The van der Waals surface area contributed by atoms with Crippen LogP contribution in [0.2, 0.25) is 0 Å². The van der Waals surface area contributed by atoms with Gasteiger partial charge in [-0.1, -0.05) is 37.6 Å². The van der Waals surface area contributed by atoms with Crippen LogP contribution in [0.15, 0.2) is 18.2 Å². The third-order valence-electron chi connectivity index (χ3n) is 7.42. The summed E-state index contributed by atoms with van der Waals surface area (Å²) >= 11 is 0. The van der Waals surface area contributed by atoms with E-state index < -0.39 is 6.10 Å². The van der Waals surface area contributed by atoms with Gasteiger partial charge in [-0.15, -0.1) is 10.2 Å². The van der Waals surface area contributed by atoms with Crippen molar-refractivity contribution in [1.82, 2.24) is 14.8 Å². The minimum Gasteiger partial charge on any atom is -0.393 e. The highest BCUT2D eigenvalue weighted by Crippen LogP contribution is 2.48. The molecule has 1 aromatic carbocycles. The van der Waals surface area contributed by atoms with Crippen LogP contribution >= 0.6 is 0 Å². The van der Waals surface area contributed by atoms with E-state index in [0.29, 0.717) is 31.2 Å². The van der Waals surface area contributed by atoms with Crippen LogP contribution < -0.4 is 0 Å². The van der Waals surface area contributed by atoms with Crippen molar-refractivity contribution in [2.24, 2.45) is 11.8 Å². The van der Waals surface area contributed by atoms with E-state index in [1.807, 2.05) is 6.92 Å². The van der Waals surface area contributed by atoms with Gasteiger partial charge in [-0.05, 0) is 82.3 Å². The van der Waals surface area contributed by atoms with Crippen LogP contribution in [0, 0.1) is 25.7 Å². The van der Waals surface area contributed by atoms with E-state index in [9.17, 15) is 9.90 Å². The molecule has 180 valence electrons. The summed E-state index contributed by atoms with van der Waals surface area (Å²) in [5.74, 6) is 4.21. The Bertz CT molecular complexity index is 968. The highest BCUT2D eigenvalue weighted by atomic mass is 16.3. The molecular formula is C28H41N3O2. The first-order chi connectivity index (χ1) is 15.7. The first-order valence-electron chi connectivity index (χ1n) is 12.9. The third-order valence-corrected chi connectivity index (χ3v) is 7.42. The zero-order valence-electron chi connectivity index (χ0n) is 21.1. The molecule has 33 heavy (non-hydrogen) atoms. The average molecular weight is 452 g/mol. The van der Waals surface area contributed by atoms with Gasteiger partial charge in [0.2, 0.25) is 0 Å². The summed E-state index contributed by atoms with van der Waals surface area (Å²) < 4.78 is 2.37. The number of aliphatic hydroxyl groups excluding tert-OH is 1. The topological polar surface area (TPSA) is 68.0 Å². The fourth-order valence-corrected chi connectivity index (χ4v) is 5.68. The van der Waals surface area contributed by atoms with E-state index in [1.54, 1.807) is 0 Å². The van der Waals surface area contributed by atoms with E-state index in [-0.39, 0.29) is 11.7 Å². The number of aryl methyl sites for hydroxylation is 2. The molecule has 0 saturated heterocycles. The number of carbonyl (C=O) groups excluding carboxylic acids is 1. The second-order valence-corrected chi connectivity index (χ2v) is 11.3. The minimum absolute atomic E-state index is 0.0864. The van der Waals surface area contributed by atoms with E-state index in [1.165, 1.54) is 30.4 Å². The number of Topliss-reactive ketones (excluding diaryl/α,β-unsaturated/α-hetero) is 1. The second kappa shape index (κ2) is 10.1. The Morgan fingerprint density at radius 2 is 1.88 bits per heavy atom. The molecule has 0 radical (unpaired) electrons. The quantitative estimate of drug-likeness (QED) is 0.467. The van der Waals surface area contributed by atoms with Gasteiger partial charge in [-0.2, -0.15) is 0 Å². The van der Waals surface area contributed by atoms with Crippen molar-refractivity contribution in [1.29, 1.82) is 0 Å². The Morgan fingerprint density at radius 3 is 2.48 bits per heavy atom. The lowest BCUT2D eigenvalue weighted by Gasteiger charge is -2.36. The Labute approximate surface area is 199 Å². The lowest BCUT2D eigenvalue weighted by atomic mass is 9.71. The SMILES string of the molecule is Cc1ccc(CC(=O)C[C@H](C[C@@H](C)O)c2nnc(C3CC(CC(C)C)C3)n2C2CC2)c(C)c1. The predicted octanol–water partition coefficient (Wildman–Crippen LogP) is 5.83. The zero-order chi connectivity index (χ0) is 23.7. The van der Waals surface area contributed by atoms with Gasteiger partial charge in [-0.25, -0.2) is 0 Å². The molecule has 1 N–H and O–H groups in total. The summed E-state index contributed by atoms with van der Waals surface area (Å²) in [7, 11) is 0. The molecule has 5 heteroatoms. The summed E-state index contributed by atoms with van der Waals surface area (Å²) in [5, 5.41) is 19.6. The molecule has 5 nitrogen and oxygen atoms in total. The molecule has 1 heterocycles. The van der Waals surface area contributed by atoms with Gasteiger partial charge in [0.1, 0.15) is 17.4 Å². The van der Waals surface area contributed by atoms with Crippen molar-refractivity contribution in [3.63, 3.8) is 0 Å². The summed E-state index contributed by atoms with van der Waals surface area (Å²) in [6, 6.07) is 6.75. The molecule has 2 atom stereocenters. The van der Waals surface area contributed by atoms with Crippen LogP contribution in [-0.2, 0) is 11.2 Å². The summed E-state index contributed by atoms with van der Waals surface area (Å²) in [5.41, 5.74) is 3.48. The van der Waals surface area contributed by atoms with Crippen molar-refractivity contribution in [3.8, 4) is 0 Å². The fourth-order valence-electron chi connectivity index (χ4n) is 5.68. The molecule has 0 unspecified atom stereocenters. The van der Waals surface area contributed by atoms with Crippen molar-refractivity contribution in [2.75, 3.05) is 0 Å². The van der Waals surface area contributed by atoms with Crippen molar-refractivity contribution in [2.45, 2.75) is 110 Å². The van der Waals surface area contributed by atoms with Crippen LogP contribution in [0.3, 0.4) is 0 Å². The molecule has 0 amide bonds. The molecule has 2 aliphatic carbocycles. The van der Waals surface area contributed by atoms with Crippen molar-refractivity contribution >= 4 is 5.78 Å². The lowest BCUT2D eigenvalue weighted by molar-refractivity contribution is -0.119. The minimum atomic E-state index is -0.476. The van der Waals surface area contributed by atoms with Gasteiger partial charge < -0.3 is 9.67 Å². The number of rotatable bonds is 11. The number of hydrogen-bond acceptors (Lipinski definition) is 4. The van der Waals surface area contributed by atoms with Gasteiger partial charge in [0.05, 0.1) is 6.10 Å². The highest BCUT2D eigenvalue weighted by molar-refractivity contribution is 5.82. The third kappa shape index (κ3) is 5.92. The summed E-state index contributed by atoms with van der Waals surface area (Å²) in [6.45, 7) is 10.6. The Balaban J connectivity index is 1.51. The number of nitrogens with zero attached hydrogens (tertiary/aromatic N) is 3. The number of hydrogen-bond donors (Lipinski definition) is 1. The molecule has 0 spiro atoms. The summed E-state index contributed by atoms with van der Waals surface area (Å²) in [6.07, 6.45) is 6.94. The van der Waals surface area contributed by atoms with Gasteiger partial charge in [0.15, 0.2) is 0 Å². The van der Waals surface area contributed by atoms with Gasteiger partial charge >= 0.3 is 0 Å². The maximum Gasteiger partial charge on any atom is 0.138 e. The lowest BCUT2D eigenvalue weighted by Crippen LogP contribution is -2.26. The molecule has 2 aromatic rings. The first-order valence-corrected chi connectivity index (χ1v) is 12.9. The van der Waals surface area contributed by atoms with Gasteiger partial charge in [0, 0.05) is 30.7 Å². The van der Waals surface area contributed by atoms with E-state index >= 15 is 0 Å². The maximum absolute atomic E-state index is 13.1. The average Bonchev–Trinajstić information content (AvgIpc) is 3.44. The number of aliphatic hydroxyl groups is 1. The van der Waals surface area contributed by atoms with Crippen LogP contribution in [0.1, 0.15) is 112 Å². The molecular weight excluding hydrogens is 410 g/mol. The number of carbonyl (C=O) groups is 1. The maximum atomic E-state index is 13.1. The number of benzene rings is 1. The van der Waals surface area contributed by atoms with E-state index in [2.05, 4.69) is 60.7 Å². The normalized spacial score (nSPS) is 22.3. The van der Waals surface area contributed by atoms with Crippen LogP contribution in [0.5, 0.6) is 0 Å². The smallest absolute Gasteiger partial charge is 0.138 e. The van der Waals surface area contributed by atoms with Crippen molar-refractivity contribution < 1.29 is 9.90 Å². The molecule has 1 aromatic heterocycles. The van der Waals surface area contributed by atoms with Crippen LogP contribution in [0.25, 0.3) is 0 Å². The number of ketones is 1. The molecule has 4 rings (SSSR count). The van der Waals surface area contributed by atoms with Gasteiger partial charge in [-0.3, -0.25) is 4.79 Å². The largest absolute Gasteiger partial charge is 0.393 e. The molecule has 0 bridgehead atoms.